The first-order valence-corrected chi connectivity index (χ1v) is 4.05. The molecule has 0 fully saturated rings. The van der Waals surface area contributed by atoms with Gasteiger partial charge in [0.05, 0.1) is 12.1 Å². The van der Waals surface area contributed by atoms with Crippen LogP contribution in [0.3, 0.4) is 0 Å². The first-order valence-electron chi connectivity index (χ1n) is 4.05. The van der Waals surface area contributed by atoms with E-state index in [0.29, 0.717) is 17.7 Å². The smallest absolute Gasteiger partial charge is 0.417 e. The van der Waals surface area contributed by atoms with Crippen LogP contribution >= 0.6 is 0 Å². The third-order valence-electron chi connectivity index (χ3n) is 1.70. The number of nitrogens with one attached hydrogen (secondary N) is 1. The van der Waals surface area contributed by atoms with E-state index in [1.54, 1.807) is 18.2 Å². The van der Waals surface area contributed by atoms with Crippen LogP contribution in [-0.4, -0.2) is 11.6 Å². The van der Waals surface area contributed by atoms with Gasteiger partial charge in [0.25, 0.3) is 0 Å². The van der Waals surface area contributed by atoms with Gasteiger partial charge in [-0.1, -0.05) is 0 Å². The highest BCUT2D eigenvalue weighted by atomic mass is 16.5. The van der Waals surface area contributed by atoms with Crippen LogP contribution in [0.1, 0.15) is 8.35 Å². The number of H-pyrrole nitrogens is 1. The summed E-state index contributed by atoms with van der Waals surface area (Å²) in [5.74, 6) is 0.288. The van der Waals surface area contributed by atoms with Crippen molar-refractivity contribution in [1.82, 2.24) is 4.98 Å². The van der Waals surface area contributed by atoms with Crippen molar-refractivity contribution in [2.45, 2.75) is 6.92 Å². The quantitative estimate of drug-likeness (QED) is 0.768. The maximum absolute atomic E-state index is 10.8. The molecule has 2 aromatic rings. The Hall–Kier alpha value is -1.71. The van der Waals surface area contributed by atoms with Crippen molar-refractivity contribution in [1.29, 1.82) is 0 Å². The Balaban J connectivity index is 0.000000980. The number of ether oxygens (including phenoxy) is 1. The number of benzene rings is 1. The zero-order valence-electron chi connectivity index (χ0n) is 7.16. The van der Waals surface area contributed by atoms with Gasteiger partial charge in [0.1, 0.15) is 5.75 Å². The molecule has 0 spiro atoms. The Morgan fingerprint density at radius 1 is 1.62 bits per heavy atom. The Kier molecular flexibility index (Phi) is 1.81. The van der Waals surface area contributed by atoms with Gasteiger partial charge in [-0.05, 0) is 19.1 Å². The summed E-state index contributed by atoms with van der Waals surface area (Å²) in [6.07, 6.45) is 0. The summed E-state index contributed by atoms with van der Waals surface area (Å²) < 4.78 is 10.1. The third-order valence-corrected chi connectivity index (χ3v) is 1.70. The van der Waals surface area contributed by atoms with Gasteiger partial charge in [-0.2, -0.15) is 0 Å². The van der Waals surface area contributed by atoms with Gasteiger partial charge < -0.3 is 9.15 Å². The first-order chi connectivity index (χ1) is 6.29. The van der Waals surface area contributed by atoms with Crippen molar-refractivity contribution in [2.75, 3.05) is 6.61 Å². The predicted molar refractivity (Wildman–Crippen MR) is 50.1 cm³/mol. The zero-order chi connectivity index (χ0) is 9.26. The van der Waals surface area contributed by atoms with E-state index in [-0.39, 0.29) is 1.43 Å². The fourth-order valence-corrected chi connectivity index (χ4v) is 1.19. The largest absolute Gasteiger partial charge is 0.494 e. The van der Waals surface area contributed by atoms with Crippen molar-refractivity contribution in [3.05, 3.63) is 28.7 Å². The minimum atomic E-state index is -0.441. The minimum absolute atomic E-state index is 0. The molecule has 1 heterocycles. The van der Waals surface area contributed by atoms with Crippen molar-refractivity contribution < 1.29 is 10.6 Å². The number of oxazole rings is 1. The van der Waals surface area contributed by atoms with Gasteiger partial charge in [0.15, 0.2) is 5.58 Å². The predicted octanol–water partition coefficient (Wildman–Crippen LogP) is 1.77. The van der Waals surface area contributed by atoms with E-state index in [4.69, 9.17) is 9.15 Å². The molecule has 0 saturated carbocycles. The summed E-state index contributed by atoms with van der Waals surface area (Å²) in [7, 11) is 0. The number of rotatable bonds is 2. The average Bonchev–Trinajstić information content (AvgIpc) is 2.44. The van der Waals surface area contributed by atoms with Crippen LogP contribution in [0, 0.1) is 0 Å². The average molecular weight is 181 g/mol. The van der Waals surface area contributed by atoms with Crippen LogP contribution in [0.2, 0.25) is 0 Å². The maximum atomic E-state index is 10.8. The Labute approximate surface area is 75.6 Å². The number of aromatic nitrogens is 1. The molecular formula is C9H11NO3. The maximum Gasteiger partial charge on any atom is 0.417 e. The summed E-state index contributed by atoms with van der Waals surface area (Å²) in [5.41, 5.74) is 1.21. The molecule has 4 nitrogen and oxygen atoms in total. The van der Waals surface area contributed by atoms with Crippen LogP contribution in [0.15, 0.2) is 27.4 Å². The monoisotopic (exact) mass is 181 g/mol. The molecule has 0 radical (unpaired) electrons. The molecule has 0 aliphatic carbocycles. The second-order valence-electron chi connectivity index (χ2n) is 2.61. The number of fused-ring (bicyclic) bond motifs is 1. The van der Waals surface area contributed by atoms with Gasteiger partial charge in [0, 0.05) is 7.49 Å². The fraction of sp³-hybridized carbons (Fsp3) is 0.222. The summed E-state index contributed by atoms with van der Waals surface area (Å²) in [6, 6.07) is 5.21. The molecular weight excluding hydrogens is 170 g/mol. The molecule has 4 heteroatoms. The molecule has 0 aliphatic rings. The van der Waals surface area contributed by atoms with Crippen LogP contribution in [0.5, 0.6) is 5.75 Å². The van der Waals surface area contributed by atoms with Crippen molar-refractivity contribution in [3.63, 3.8) is 0 Å². The second kappa shape index (κ2) is 2.97. The molecule has 13 heavy (non-hydrogen) atoms. The zero-order valence-corrected chi connectivity index (χ0v) is 7.16. The van der Waals surface area contributed by atoms with E-state index in [0.717, 1.165) is 5.75 Å². The molecule has 0 atom stereocenters. The SMILES string of the molecule is CCOc1ccc2oc(=O)[nH]c2c1.[HH]. The molecule has 0 saturated heterocycles. The normalized spacial score (nSPS) is 10.5. The van der Waals surface area contributed by atoms with E-state index < -0.39 is 5.76 Å². The number of aromatic amines is 1. The molecule has 1 aromatic carbocycles. The summed E-state index contributed by atoms with van der Waals surface area (Å²) in [4.78, 5) is 13.4. The molecule has 1 aromatic heterocycles. The van der Waals surface area contributed by atoms with E-state index in [1.807, 2.05) is 6.92 Å². The molecule has 1 N–H and O–H groups in total. The Bertz CT molecular complexity index is 474. The van der Waals surface area contributed by atoms with Gasteiger partial charge in [-0.15, -0.1) is 0 Å². The van der Waals surface area contributed by atoms with Gasteiger partial charge in [-0.3, -0.25) is 4.98 Å². The lowest BCUT2D eigenvalue weighted by atomic mass is 10.3. The summed E-state index contributed by atoms with van der Waals surface area (Å²) in [5, 5.41) is 0. The van der Waals surface area contributed by atoms with Gasteiger partial charge in [-0.25, -0.2) is 4.79 Å². The molecule has 0 aliphatic heterocycles. The third kappa shape index (κ3) is 1.42. The molecule has 70 valence electrons. The van der Waals surface area contributed by atoms with E-state index in [2.05, 4.69) is 4.98 Å². The molecule has 0 amide bonds. The standard InChI is InChI=1S/C9H9NO3.H2/c1-2-12-6-3-4-8-7(5-6)10-9(11)13-8;/h3-5H,2H2,1H3,(H,10,11);1H. The van der Waals surface area contributed by atoms with Crippen LogP contribution in [0.25, 0.3) is 11.1 Å². The van der Waals surface area contributed by atoms with E-state index in [9.17, 15) is 4.79 Å². The van der Waals surface area contributed by atoms with Crippen LogP contribution in [0.4, 0.5) is 0 Å². The van der Waals surface area contributed by atoms with Crippen molar-refractivity contribution >= 4 is 11.1 Å². The van der Waals surface area contributed by atoms with Crippen LogP contribution in [-0.2, 0) is 0 Å². The summed E-state index contributed by atoms with van der Waals surface area (Å²) in [6.45, 7) is 2.51. The van der Waals surface area contributed by atoms with Crippen molar-refractivity contribution in [2.24, 2.45) is 0 Å². The lowest BCUT2D eigenvalue weighted by Crippen LogP contribution is -1.93. The Morgan fingerprint density at radius 2 is 2.46 bits per heavy atom. The fourth-order valence-electron chi connectivity index (χ4n) is 1.19. The highest BCUT2D eigenvalue weighted by molar-refractivity contribution is 5.73. The summed E-state index contributed by atoms with van der Waals surface area (Å²) >= 11 is 0. The lowest BCUT2D eigenvalue weighted by Gasteiger charge is -2.00. The van der Waals surface area contributed by atoms with Crippen molar-refractivity contribution in [3.8, 4) is 5.75 Å². The van der Waals surface area contributed by atoms with Gasteiger partial charge in [0.2, 0.25) is 0 Å². The van der Waals surface area contributed by atoms with Gasteiger partial charge >= 0.3 is 5.76 Å². The number of hydrogen-bond acceptors (Lipinski definition) is 3. The highest BCUT2D eigenvalue weighted by Crippen LogP contribution is 2.17. The molecule has 0 bridgehead atoms. The Morgan fingerprint density at radius 3 is 3.23 bits per heavy atom. The molecule has 2 rings (SSSR count). The van der Waals surface area contributed by atoms with E-state index in [1.165, 1.54) is 0 Å². The highest BCUT2D eigenvalue weighted by Gasteiger charge is 2.01. The first kappa shape index (κ1) is 7.91. The lowest BCUT2D eigenvalue weighted by molar-refractivity contribution is 0.340. The van der Waals surface area contributed by atoms with Crippen LogP contribution < -0.4 is 10.5 Å². The molecule has 0 unspecified atom stereocenters. The van der Waals surface area contributed by atoms with E-state index >= 15 is 0 Å². The number of hydrogen-bond donors (Lipinski definition) is 1. The second-order valence-corrected chi connectivity index (χ2v) is 2.61. The minimum Gasteiger partial charge on any atom is -0.494 e. The topological polar surface area (TPSA) is 55.2 Å².